The van der Waals surface area contributed by atoms with Crippen molar-refractivity contribution in [1.29, 1.82) is 0 Å². The Bertz CT molecular complexity index is 1900. The van der Waals surface area contributed by atoms with E-state index in [4.69, 9.17) is 23.2 Å². The topological polar surface area (TPSA) is 59.8 Å². The van der Waals surface area contributed by atoms with Crippen LogP contribution in [0.4, 0.5) is 4.39 Å². The van der Waals surface area contributed by atoms with Crippen molar-refractivity contribution in [2.24, 2.45) is 0 Å². The van der Waals surface area contributed by atoms with Crippen molar-refractivity contribution in [3.05, 3.63) is 166 Å². The summed E-state index contributed by atoms with van der Waals surface area (Å²) in [4.78, 5) is 13.7. The average Bonchev–Trinajstić information content (AvgIpc) is 3.48. The molecule has 0 spiro atoms. The summed E-state index contributed by atoms with van der Waals surface area (Å²) in [6, 6.07) is 38.4. The van der Waals surface area contributed by atoms with Gasteiger partial charge in [-0.1, -0.05) is 120 Å². The molecule has 6 rings (SSSR count). The van der Waals surface area contributed by atoms with Gasteiger partial charge in [-0.15, -0.1) is 10.2 Å². The fourth-order valence-corrected chi connectivity index (χ4v) is 6.36. The summed E-state index contributed by atoms with van der Waals surface area (Å²) in [5.74, 6) is 0.496. The van der Waals surface area contributed by atoms with E-state index in [-0.39, 0.29) is 11.7 Å². The van der Waals surface area contributed by atoms with Crippen LogP contribution in [0.25, 0.3) is 16.8 Å². The SMILES string of the molecule is O=C(NC(Cc1ccccc1)c1nnc(SCc2ccc(F)cc2)n1-c1ccc(Cl)cc1Cl)c1ccc(-c2ccccc2)cc1. The van der Waals surface area contributed by atoms with Crippen LogP contribution < -0.4 is 5.32 Å². The van der Waals surface area contributed by atoms with E-state index in [0.717, 1.165) is 22.3 Å². The zero-order valence-electron chi connectivity index (χ0n) is 23.9. The molecule has 224 valence electrons. The molecule has 1 heterocycles. The van der Waals surface area contributed by atoms with E-state index in [2.05, 4.69) is 15.5 Å². The molecule has 0 aliphatic heterocycles. The highest BCUT2D eigenvalue weighted by atomic mass is 35.5. The third kappa shape index (κ3) is 7.45. The Kier molecular flexibility index (Phi) is 9.60. The second-order valence-electron chi connectivity index (χ2n) is 10.3. The third-order valence-corrected chi connectivity index (χ3v) is 8.78. The molecule has 1 unspecified atom stereocenters. The van der Waals surface area contributed by atoms with Crippen LogP contribution in [0.2, 0.25) is 10.0 Å². The van der Waals surface area contributed by atoms with Gasteiger partial charge in [0.2, 0.25) is 0 Å². The molecule has 0 aliphatic rings. The molecule has 5 nitrogen and oxygen atoms in total. The Morgan fingerprint density at radius 3 is 2.13 bits per heavy atom. The van der Waals surface area contributed by atoms with Gasteiger partial charge in [-0.3, -0.25) is 9.36 Å². The molecule has 0 saturated carbocycles. The molecule has 0 saturated heterocycles. The Morgan fingerprint density at radius 1 is 0.778 bits per heavy atom. The van der Waals surface area contributed by atoms with Crippen molar-refractivity contribution in [3.8, 4) is 16.8 Å². The summed E-state index contributed by atoms with van der Waals surface area (Å²) in [5, 5.41) is 13.8. The van der Waals surface area contributed by atoms with Crippen LogP contribution in [-0.2, 0) is 12.2 Å². The first-order valence-corrected chi connectivity index (χ1v) is 16.0. The van der Waals surface area contributed by atoms with Gasteiger partial charge < -0.3 is 5.32 Å². The van der Waals surface area contributed by atoms with Gasteiger partial charge >= 0.3 is 0 Å². The van der Waals surface area contributed by atoms with Crippen LogP contribution in [0.15, 0.2) is 133 Å². The number of amides is 1. The first kappa shape index (κ1) is 30.6. The average molecular weight is 654 g/mol. The monoisotopic (exact) mass is 652 g/mol. The van der Waals surface area contributed by atoms with Gasteiger partial charge in [-0.25, -0.2) is 4.39 Å². The Labute approximate surface area is 275 Å². The van der Waals surface area contributed by atoms with Crippen LogP contribution in [0.1, 0.15) is 33.4 Å². The first-order chi connectivity index (χ1) is 21.9. The molecule has 45 heavy (non-hydrogen) atoms. The number of aromatic nitrogens is 3. The van der Waals surface area contributed by atoms with E-state index in [1.807, 2.05) is 95.6 Å². The maximum atomic E-state index is 13.7. The molecular weight excluding hydrogens is 626 g/mol. The molecule has 0 bridgehead atoms. The fraction of sp³-hybridized carbons (Fsp3) is 0.0833. The zero-order chi connectivity index (χ0) is 31.2. The summed E-state index contributed by atoms with van der Waals surface area (Å²) in [7, 11) is 0. The van der Waals surface area contributed by atoms with E-state index < -0.39 is 6.04 Å². The van der Waals surface area contributed by atoms with Crippen molar-refractivity contribution < 1.29 is 9.18 Å². The van der Waals surface area contributed by atoms with Gasteiger partial charge in [-0.2, -0.15) is 0 Å². The quantitative estimate of drug-likeness (QED) is 0.150. The number of carbonyl (C=O) groups is 1. The minimum absolute atomic E-state index is 0.243. The lowest BCUT2D eigenvalue weighted by Crippen LogP contribution is -2.32. The van der Waals surface area contributed by atoms with Crippen molar-refractivity contribution >= 4 is 40.9 Å². The lowest BCUT2D eigenvalue weighted by molar-refractivity contribution is 0.0934. The van der Waals surface area contributed by atoms with Crippen molar-refractivity contribution in [2.45, 2.75) is 23.4 Å². The van der Waals surface area contributed by atoms with E-state index in [0.29, 0.717) is 44.5 Å². The molecule has 1 amide bonds. The van der Waals surface area contributed by atoms with Gasteiger partial charge in [0.15, 0.2) is 11.0 Å². The maximum Gasteiger partial charge on any atom is 0.251 e. The van der Waals surface area contributed by atoms with E-state index >= 15 is 0 Å². The number of thioether (sulfide) groups is 1. The lowest BCUT2D eigenvalue weighted by Gasteiger charge is -2.21. The first-order valence-electron chi connectivity index (χ1n) is 14.2. The second-order valence-corrected chi connectivity index (χ2v) is 12.1. The molecule has 0 radical (unpaired) electrons. The number of benzene rings is 5. The normalized spacial score (nSPS) is 11.7. The highest BCUT2D eigenvalue weighted by Crippen LogP contribution is 2.33. The van der Waals surface area contributed by atoms with E-state index in [1.54, 1.807) is 24.3 Å². The van der Waals surface area contributed by atoms with Gasteiger partial charge in [0.05, 0.1) is 16.8 Å². The molecule has 9 heteroatoms. The van der Waals surface area contributed by atoms with Gasteiger partial charge in [-0.05, 0) is 71.1 Å². The Hall–Kier alpha value is -4.43. The summed E-state index contributed by atoms with van der Waals surface area (Å²) in [5.41, 5.74) is 5.18. The minimum Gasteiger partial charge on any atom is -0.342 e. The number of rotatable bonds is 10. The highest BCUT2D eigenvalue weighted by molar-refractivity contribution is 7.98. The lowest BCUT2D eigenvalue weighted by atomic mass is 10.0. The molecular formula is C36H27Cl2FN4OS. The highest BCUT2D eigenvalue weighted by Gasteiger charge is 2.26. The van der Waals surface area contributed by atoms with Crippen molar-refractivity contribution in [1.82, 2.24) is 20.1 Å². The van der Waals surface area contributed by atoms with E-state index in [1.165, 1.54) is 23.9 Å². The van der Waals surface area contributed by atoms with Crippen LogP contribution in [0.5, 0.6) is 0 Å². The van der Waals surface area contributed by atoms with E-state index in [9.17, 15) is 9.18 Å². The van der Waals surface area contributed by atoms with Crippen LogP contribution in [0, 0.1) is 5.82 Å². The Morgan fingerprint density at radius 2 is 1.44 bits per heavy atom. The number of halogens is 3. The van der Waals surface area contributed by atoms with Gasteiger partial charge in [0.25, 0.3) is 5.91 Å². The molecule has 0 fully saturated rings. The molecule has 6 aromatic rings. The molecule has 1 aromatic heterocycles. The summed E-state index contributed by atoms with van der Waals surface area (Å²) >= 11 is 14.4. The summed E-state index contributed by atoms with van der Waals surface area (Å²) in [6.07, 6.45) is 0.459. The van der Waals surface area contributed by atoms with Crippen molar-refractivity contribution in [2.75, 3.05) is 0 Å². The maximum absolute atomic E-state index is 13.7. The van der Waals surface area contributed by atoms with Crippen LogP contribution >= 0.6 is 35.0 Å². The number of carbonyl (C=O) groups excluding carboxylic acids is 1. The number of nitrogens with zero attached hydrogens (tertiary/aromatic N) is 3. The zero-order valence-corrected chi connectivity index (χ0v) is 26.2. The standard InChI is InChI=1S/C36H27Cl2FN4OS/c37-29-17-20-33(31(38)22-29)43-34(41-42-36(43)45-23-25-11-18-30(39)19-12-25)32(21-24-7-3-1-4-8-24)40-35(44)28-15-13-27(14-16-28)26-9-5-2-6-10-26/h1-20,22,32H,21,23H2,(H,40,44). The minimum atomic E-state index is -0.562. The number of nitrogens with one attached hydrogen (secondary N) is 1. The molecule has 1 N–H and O–H groups in total. The van der Waals surface area contributed by atoms with Gasteiger partial charge in [0.1, 0.15) is 5.82 Å². The second kappa shape index (κ2) is 14.1. The van der Waals surface area contributed by atoms with Gasteiger partial charge in [0, 0.05) is 16.3 Å². The largest absolute Gasteiger partial charge is 0.342 e. The number of hydrogen-bond acceptors (Lipinski definition) is 4. The molecule has 1 atom stereocenters. The smallest absolute Gasteiger partial charge is 0.251 e. The molecule has 0 aliphatic carbocycles. The summed E-state index contributed by atoms with van der Waals surface area (Å²) < 4.78 is 15.4. The number of hydrogen-bond donors (Lipinski definition) is 1. The molecule has 5 aromatic carbocycles. The predicted molar refractivity (Wildman–Crippen MR) is 180 cm³/mol. The van der Waals surface area contributed by atoms with Crippen molar-refractivity contribution in [3.63, 3.8) is 0 Å². The van der Waals surface area contributed by atoms with Crippen LogP contribution in [0.3, 0.4) is 0 Å². The van der Waals surface area contributed by atoms with Crippen LogP contribution in [-0.4, -0.2) is 20.7 Å². The predicted octanol–water partition coefficient (Wildman–Crippen LogP) is 9.39. The Balaban J connectivity index is 1.36. The third-order valence-electron chi connectivity index (χ3n) is 7.24. The fourth-order valence-electron chi connectivity index (χ4n) is 4.96. The summed E-state index contributed by atoms with van der Waals surface area (Å²) in [6.45, 7) is 0.